The van der Waals surface area contributed by atoms with E-state index in [-0.39, 0.29) is 11.8 Å². The fourth-order valence-corrected chi connectivity index (χ4v) is 3.77. The first kappa shape index (κ1) is 18.2. The summed E-state index contributed by atoms with van der Waals surface area (Å²) in [7, 11) is 0. The van der Waals surface area contributed by atoms with Gasteiger partial charge in [-0.3, -0.25) is 14.6 Å². The number of hydrogen-bond acceptors (Lipinski definition) is 3. The van der Waals surface area contributed by atoms with Crippen molar-refractivity contribution in [1.29, 1.82) is 0 Å². The van der Waals surface area contributed by atoms with Crippen molar-refractivity contribution in [3.8, 4) is 0 Å². The highest BCUT2D eigenvalue weighted by molar-refractivity contribution is 6.07. The zero-order valence-corrected chi connectivity index (χ0v) is 15.7. The van der Waals surface area contributed by atoms with Gasteiger partial charge in [0.1, 0.15) is 0 Å². The Kier molecular flexibility index (Phi) is 5.33. The molecule has 142 valence electrons. The van der Waals surface area contributed by atoms with E-state index in [1.807, 2.05) is 47.4 Å². The Morgan fingerprint density at radius 2 is 1.79 bits per heavy atom. The minimum absolute atomic E-state index is 0.0336. The lowest BCUT2D eigenvalue weighted by molar-refractivity contribution is 0.0684. The Balaban J connectivity index is 1.32. The van der Waals surface area contributed by atoms with Crippen molar-refractivity contribution in [2.75, 3.05) is 19.6 Å². The number of likely N-dealkylation sites (tertiary alicyclic amines) is 1. The molecule has 2 aromatic carbocycles. The highest BCUT2D eigenvalue weighted by Crippen LogP contribution is 2.20. The van der Waals surface area contributed by atoms with Gasteiger partial charge in [-0.25, -0.2) is 0 Å². The molecule has 0 radical (unpaired) electrons. The first-order valence-corrected chi connectivity index (χ1v) is 9.67. The summed E-state index contributed by atoms with van der Waals surface area (Å²) in [5.74, 6) is 0.383. The molecule has 5 heteroatoms. The second-order valence-electron chi connectivity index (χ2n) is 7.21. The van der Waals surface area contributed by atoms with Crippen molar-refractivity contribution in [2.45, 2.75) is 12.8 Å². The molecular weight excluding hydrogens is 350 g/mol. The van der Waals surface area contributed by atoms with Crippen LogP contribution in [0.15, 0.2) is 67.0 Å². The molecule has 4 rings (SSSR count). The molecule has 1 aliphatic rings. The largest absolute Gasteiger partial charge is 0.352 e. The van der Waals surface area contributed by atoms with Crippen LogP contribution in [0.1, 0.15) is 33.6 Å². The zero-order valence-electron chi connectivity index (χ0n) is 15.7. The predicted octanol–water partition coefficient (Wildman–Crippen LogP) is 3.52. The second-order valence-corrected chi connectivity index (χ2v) is 7.21. The monoisotopic (exact) mass is 373 g/mol. The van der Waals surface area contributed by atoms with Gasteiger partial charge in [0.25, 0.3) is 11.8 Å². The number of fused-ring (bicyclic) bond motifs is 1. The average Bonchev–Trinajstić information content (AvgIpc) is 2.77. The SMILES string of the molecule is O=C(NCC1CCN(C(=O)c2cccnc2)CC1)c1cccc2ccccc12. The number of pyridine rings is 1. The van der Waals surface area contributed by atoms with Crippen LogP contribution in [0, 0.1) is 5.92 Å². The number of nitrogens with zero attached hydrogens (tertiary/aromatic N) is 2. The summed E-state index contributed by atoms with van der Waals surface area (Å²) < 4.78 is 0. The maximum absolute atomic E-state index is 12.7. The normalized spacial score (nSPS) is 14.8. The van der Waals surface area contributed by atoms with E-state index >= 15 is 0 Å². The molecule has 1 aromatic heterocycles. The van der Waals surface area contributed by atoms with E-state index in [4.69, 9.17) is 0 Å². The number of nitrogens with one attached hydrogen (secondary N) is 1. The molecule has 1 saturated heterocycles. The van der Waals surface area contributed by atoms with Gasteiger partial charge in [-0.1, -0.05) is 36.4 Å². The molecule has 2 amide bonds. The fraction of sp³-hybridized carbons (Fsp3) is 0.261. The number of aromatic nitrogens is 1. The Morgan fingerprint density at radius 1 is 1.00 bits per heavy atom. The second kappa shape index (κ2) is 8.21. The molecule has 0 saturated carbocycles. The molecule has 1 fully saturated rings. The van der Waals surface area contributed by atoms with E-state index in [0.717, 1.165) is 23.6 Å². The van der Waals surface area contributed by atoms with E-state index in [1.54, 1.807) is 24.5 Å². The Labute approximate surface area is 164 Å². The Hall–Kier alpha value is -3.21. The molecule has 2 heterocycles. The average molecular weight is 373 g/mol. The van der Waals surface area contributed by atoms with Crippen molar-refractivity contribution in [3.05, 3.63) is 78.1 Å². The quantitative estimate of drug-likeness (QED) is 0.761. The molecule has 3 aromatic rings. The first-order valence-electron chi connectivity index (χ1n) is 9.67. The summed E-state index contributed by atoms with van der Waals surface area (Å²) in [5, 5.41) is 5.12. The van der Waals surface area contributed by atoms with Crippen molar-refractivity contribution >= 4 is 22.6 Å². The molecule has 0 unspecified atom stereocenters. The van der Waals surface area contributed by atoms with Gasteiger partial charge in [0.15, 0.2) is 0 Å². The number of rotatable bonds is 4. The summed E-state index contributed by atoms with van der Waals surface area (Å²) in [4.78, 5) is 31.1. The fourth-order valence-electron chi connectivity index (χ4n) is 3.77. The molecule has 5 nitrogen and oxygen atoms in total. The van der Waals surface area contributed by atoms with E-state index < -0.39 is 0 Å². The number of piperidine rings is 1. The van der Waals surface area contributed by atoms with Gasteiger partial charge in [0, 0.05) is 37.6 Å². The lowest BCUT2D eigenvalue weighted by atomic mass is 9.96. The van der Waals surface area contributed by atoms with Crippen molar-refractivity contribution in [3.63, 3.8) is 0 Å². The first-order chi connectivity index (χ1) is 13.7. The van der Waals surface area contributed by atoms with Crippen LogP contribution in [0.25, 0.3) is 10.8 Å². The molecule has 1 N–H and O–H groups in total. The Bertz CT molecular complexity index is 974. The van der Waals surface area contributed by atoms with Crippen LogP contribution in [0.4, 0.5) is 0 Å². The van der Waals surface area contributed by atoms with Crippen molar-refractivity contribution in [1.82, 2.24) is 15.2 Å². The summed E-state index contributed by atoms with van der Waals surface area (Å²) in [6.07, 6.45) is 5.06. The van der Waals surface area contributed by atoms with Gasteiger partial charge in [-0.15, -0.1) is 0 Å². The lowest BCUT2D eigenvalue weighted by Crippen LogP contribution is -2.41. The number of carbonyl (C=O) groups is 2. The van der Waals surface area contributed by atoms with Crippen molar-refractivity contribution in [2.24, 2.45) is 5.92 Å². The minimum atomic E-state index is -0.0364. The highest BCUT2D eigenvalue weighted by atomic mass is 16.2. The third-order valence-corrected chi connectivity index (χ3v) is 5.40. The van der Waals surface area contributed by atoms with Crippen LogP contribution in [0.3, 0.4) is 0 Å². The third kappa shape index (κ3) is 3.88. The number of hydrogen-bond donors (Lipinski definition) is 1. The summed E-state index contributed by atoms with van der Waals surface area (Å²) in [5.41, 5.74) is 1.34. The van der Waals surface area contributed by atoms with Gasteiger partial charge in [-0.05, 0) is 47.7 Å². The predicted molar refractivity (Wildman–Crippen MR) is 109 cm³/mol. The maximum Gasteiger partial charge on any atom is 0.255 e. The summed E-state index contributed by atoms with van der Waals surface area (Å²) in [6, 6.07) is 17.3. The molecule has 0 aliphatic carbocycles. The molecular formula is C23H23N3O2. The molecule has 1 aliphatic heterocycles. The molecule has 28 heavy (non-hydrogen) atoms. The van der Waals surface area contributed by atoms with Crippen molar-refractivity contribution < 1.29 is 9.59 Å². The van der Waals surface area contributed by atoms with Crippen LogP contribution in [0.5, 0.6) is 0 Å². The smallest absolute Gasteiger partial charge is 0.255 e. The van der Waals surface area contributed by atoms with Crippen LogP contribution >= 0.6 is 0 Å². The highest BCUT2D eigenvalue weighted by Gasteiger charge is 2.24. The Morgan fingerprint density at radius 3 is 2.57 bits per heavy atom. The van der Waals surface area contributed by atoms with Crippen LogP contribution < -0.4 is 5.32 Å². The number of benzene rings is 2. The van der Waals surface area contributed by atoms with Crippen LogP contribution in [-0.2, 0) is 0 Å². The third-order valence-electron chi connectivity index (χ3n) is 5.40. The molecule has 0 atom stereocenters. The van der Waals surface area contributed by atoms with Gasteiger partial charge in [0.2, 0.25) is 0 Å². The topological polar surface area (TPSA) is 62.3 Å². The van der Waals surface area contributed by atoms with Gasteiger partial charge in [0.05, 0.1) is 5.56 Å². The van der Waals surface area contributed by atoms with Crippen LogP contribution in [-0.4, -0.2) is 41.3 Å². The van der Waals surface area contributed by atoms with E-state index in [9.17, 15) is 9.59 Å². The van der Waals surface area contributed by atoms with E-state index in [0.29, 0.717) is 36.7 Å². The summed E-state index contributed by atoms with van der Waals surface area (Å²) >= 11 is 0. The van der Waals surface area contributed by atoms with Gasteiger partial charge >= 0.3 is 0 Å². The summed E-state index contributed by atoms with van der Waals surface area (Å²) in [6.45, 7) is 2.06. The minimum Gasteiger partial charge on any atom is -0.352 e. The van der Waals surface area contributed by atoms with Gasteiger partial charge in [-0.2, -0.15) is 0 Å². The lowest BCUT2D eigenvalue weighted by Gasteiger charge is -2.32. The molecule has 0 bridgehead atoms. The van der Waals surface area contributed by atoms with Crippen LogP contribution in [0.2, 0.25) is 0 Å². The maximum atomic E-state index is 12.7. The number of amides is 2. The van der Waals surface area contributed by atoms with E-state index in [2.05, 4.69) is 10.3 Å². The molecule has 0 spiro atoms. The zero-order chi connectivity index (χ0) is 19.3. The number of carbonyl (C=O) groups excluding carboxylic acids is 2. The van der Waals surface area contributed by atoms with E-state index in [1.165, 1.54) is 0 Å². The standard InChI is InChI=1S/C23H23N3O2/c27-22(21-9-3-6-18-5-1-2-8-20(18)21)25-15-17-10-13-26(14-11-17)23(28)19-7-4-12-24-16-19/h1-9,12,16-17H,10-11,13-15H2,(H,25,27). The van der Waals surface area contributed by atoms with Gasteiger partial charge < -0.3 is 10.2 Å².